The Bertz CT molecular complexity index is 425. The summed E-state index contributed by atoms with van der Waals surface area (Å²) in [7, 11) is 0. The van der Waals surface area contributed by atoms with Gasteiger partial charge in [-0.25, -0.2) is 4.79 Å². The summed E-state index contributed by atoms with van der Waals surface area (Å²) in [6, 6.07) is 5.34. The van der Waals surface area contributed by atoms with Crippen LogP contribution in [0.4, 0.5) is 0 Å². The quantitative estimate of drug-likeness (QED) is 0.643. The molecule has 0 radical (unpaired) electrons. The van der Waals surface area contributed by atoms with Crippen LogP contribution in [0.25, 0.3) is 0 Å². The molecule has 6 nitrogen and oxygen atoms in total. The van der Waals surface area contributed by atoms with Crippen LogP contribution in [-0.2, 0) is 4.79 Å². The fourth-order valence-corrected chi connectivity index (χ4v) is 1.03. The van der Waals surface area contributed by atoms with Crippen molar-refractivity contribution in [3.8, 4) is 0 Å². The second-order valence-electron chi connectivity index (χ2n) is 3.03. The van der Waals surface area contributed by atoms with Crippen LogP contribution in [0.5, 0.6) is 0 Å². The Hall–Kier alpha value is -2.37. The van der Waals surface area contributed by atoms with Crippen LogP contribution in [0.3, 0.4) is 0 Å². The lowest BCUT2D eigenvalue weighted by Crippen LogP contribution is -2.33. The summed E-state index contributed by atoms with van der Waals surface area (Å²) >= 11 is 0. The highest BCUT2D eigenvalue weighted by atomic mass is 16.4. The van der Waals surface area contributed by atoms with E-state index in [-0.39, 0.29) is 17.7 Å². The van der Waals surface area contributed by atoms with Gasteiger partial charge in [0, 0.05) is 5.56 Å². The highest BCUT2D eigenvalue weighted by molar-refractivity contribution is 5.97. The van der Waals surface area contributed by atoms with E-state index in [9.17, 15) is 14.4 Å². The highest BCUT2D eigenvalue weighted by Gasteiger charge is 2.07. The van der Waals surface area contributed by atoms with Crippen LogP contribution in [0.1, 0.15) is 20.7 Å². The molecule has 16 heavy (non-hydrogen) atoms. The molecular weight excluding hydrogens is 212 g/mol. The number of carboxylic acid groups (broad SMARTS) is 1. The van der Waals surface area contributed by atoms with Crippen molar-refractivity contribution in [2.75, 3.05) is 6.54 Å². The van der Waals surface area contributed by atoms with Crippen LogP contribution >= 0.6 is 0 Å². The van der Waals surface area contributed by atoms with Crippen molar-refractivity contribution < 1.29 is 19.5 Å². The topological polar surface area (TPSA) is 109 Å². The summed E-state index contributed by atoms with van der Waals surface area (Å²) in [5.74, 6) is -2.18. The number of aromatic carboxylic acids is 1. The number of nitrogens with two attached hydrogens (primary N) is 1. The third-order valence-electron chi connectivity index (χ3n) is 1.82. The van der Waals surface area contributed by atoms with E-state index in [1.165, 1.54) is 24.3 Å². The molecule has 0 aliphatic carbocycles. The molecule has 0 spiro atoms. The third kappa shape index (κ3) is 3.09. The number of hydrogen-bond acceptors (Lipinski definition) is 3. The summed E-state index contributed by atoms with van der Waals surface area (Å²) in [6.45, 7) is -0.250. The van der Waals surface area contributed by atoms with Gasteiger partial charge in [0.2, 0.25) is 5.91 Å². The first-order valence-corrected chi connectivity index (χ1v) is 4.40. The number of hydrogen-bond donors (Lipinski definition) is 3. The molecule has 0 aliphatic heterocycles. The predicted octanol–water partition coefficient (Wildman–Crippen LogP) is -0.400. The molecule has 0 unspecified atom stereocenters. The molecule has 0 saturated carbocycles. The largest absolute Gasteiger partial charge is 0.478 e. The Morgan fingerprint density at radius 1 is 1.12 bits per heavy atom. The van der Waals surface area contributed by atoms with E-state index in [0.29, 0.717) is 0 Å². The lowest BCUT2D eigenvalue weighted by atomic mass is 10.1. The summed E-state index contributed by atoms with van der Waals surface area (Å²) < 4.78 is 0. The minimum Gasteiger partial charge on any atom is -0.478 e. The summed E-state index contributed by atoms with van der Waals surface area (Å²) in [5, 5.41) is 10.9. The molecule has 1 aromatic rings. The van der Waals surface area contributed by atoms with Crippen molar-refractivity contribution in [1.29, 1.82) is 0 Å². The van der Waals surface area contributed by atoms with Crippen molar-refractivity contribution in [2.45, 2.75) is 0 Å². The monoisotopic (exact) mass is 222 g/mol. The van der Waals surface area contributed by atoms with Gasteiger partial charge in [-0.05, 0) is 24.3 Å². The molecule has 0 atom stereocenters. The smallest absolute Gasteiger partial charge is 0.335 e. The van der Waals surface area contributed by atoms with Crippen molar-refractivity contribution >= 4 is 17.8 Å². The van der Waals surface area contributed by atoms with Crippen LogP contribution in [0, 0.1) is 0 Å². The maximum atomic E-state index is 11.4. The number of nitrogens with one attached hydrogen (secondary N) is 1. The molecule has 0 saturated heterocycles. The van der Waals surface area contributed by atoms with Crippen LogP contribution in [0.2, 0.25) is 0 Å². The number of carbonyl (C=O) groups is 3. The number of amides is 2. The Labute approximate surface area is 91.1 Å². The fraction of sp³-hybridized carbons (Fsp3) is 0.100. The van der Waals surface area contributed by atoms with Crippen molar-refractivity contribution in [1.82, 2.24) is 5.32 Å². The standard InChI is InChI=1S/C10H10N2O4/c11-8(13)5-12-9(14)6-1-3-7(4-2-6)10(15)16/h1-4H,5H2,(H2,11,13)(H,12,14)(H,15,16). The van der Waals surface area contributed by atoms with Gasteiger partial charge in [-0.2, -0.15) is 0 Å². The second-order valence-corrected chi connectivity index (χ2v) is 3.03. The van der Waals surface area contributed by atoms with E-state index >= 15 is 0 Å². The number of rotatable bonds is 4. The summed E-state index contributed by atoms with van der Waals surface area (Å²) in [6.07, 6.45) is 0. The van der Waals surface area contributed by atoms with Crippen LogP contribution in [0.15, 0.2) is 24.3 Å². The SMILES string of the molecule is NC(=O)CNC(=O)c1ccc(C(=O)O)cc1. The van der Waals surface area contributed by atoms with E-state index in [1.54, 1.807) is 0 Å². The van der Waals surface area contributed by atoms with Gasteiger partial charge in [-0.1, -0.05) is 0 Å². The zero-order chi connectivity index (χ0) is 12.1. The van der Waals surface area contributed by atoms with Gasteiger partial charge in [0.05, 0.1) is 12.1 Å². The first-order valence-electron chi connectivity index (χ1n) is 4.40. The minimum atomic E-state index is -1.07. The average molecular weight is 222 g/mol. The van der Waals surface area contributed by atoms with Gasteiger partial charge in [-0.3, -0.25) is 9.59 Å². The molecule has 2 amide bonds. The highest BCUT2D eigenvalue weighted by Crippen LogP contribution is 2.04. The van der Waals surface area contributed by atoms with Crippen molar-refractivity contribution in [3.05, 3.63) is 35.4 Å². The minimum absolute atomic E-state index is 0.0893. The molecule has 0 bridgehead atoms. The van der Waals surface area contributed by atoms with Crippen molar-refractivity contribution in [3.63, 3.8) is 0 Å². The second kappa shape index (κ2) is 4.92. The molecule has 0 aromatic heterocycles. The maximum absolute atomic E-state index is 11.4. The van der Waals surface area contributed by atoms with E-state index in [0.717, 1.165) is 0 Å². The van der Waals surface area contributed by atoms with E-state index in [1.807, 2.05) is 0 Å². The first kappa shape index (κ1) is 11.7. The maximum Gasteiger partial charge on any atom is 0.335 e. The third-order valence-corrected chi connectivity index (χ3v) is 1.82. The normalized spacial score (nSPS) is 9.50. The first-order chi connectivity index (χ1) is 7.50. The molecule has 0 aliphatic rings. The molecule has 1 rings (SSSR count). The number of benzene rings is 1. The summed E-state index contributed by atoms with van der Waals surface area (Å²) in [4.78, 5) is 32.3. The molecule has 4 N–H and O–H groups in total. The van der Waals surface area contributed by atoms with Gasteiger partial charge < -0.3 is 16.2 Å². The zero-order valence-electron chi connectivity index (χ0n) is 8.27. The fourth-order valence-electron chi connectivity index (χ4n) is 1.03. The Morgan fingerprint density at radius 2 is 1.62 bits per heavy atom. The van der Waals surface area contributed by atoms with E-state index in [2.05, 4.69) is 5.32 Å². The molecule has 0 heterocycles. The number of carbonyl (C=O) groups excluding carboxylic acids is 2. The molecule has 1 aromatic carbocycles. The Morgan fingerprint density at radius 3 is 2.06 bits per heavy atom. The molecule has 84 valence electrons. The lowest BCUT2D eigenvalue weighted by Gasteiger charge is -2.02. The van der Waals surface area contributed by atoms with Gasteiger partial charge in [0.1, 0.15) is 0 Å². The van der Waals surface area contributed by atoms with Crippen LogP contribution < -0.4 is 11.1 Å². The van der Waals surface area contributed by atoms with Crippen LogP contribution in [-0.4, -0.2) is 29.4 Å². The number of carboxylic acids is 1. The van der Waals surface area contributed by atoms with E-state index in [4.69, 9.17) is 10.8 Å². The molecular formula is C10H10N2O4. The van der Waals surface area contributed by atoms with Gasteiger partial charge in [0.15, 0.2) is 0 Å². The lowest BCUT2D eigenvalue weighted by molar-refractivity contribution is -0.117. The van der Waals surface area contributed by atoms with Gasteiger partial charge >= 0.3 is 5.97 Å². The Kier molecular flexibility index (Phi) is 3.60. The molecule has 0 fully saturated rings. The predicted molar refractivity (Wildman–Crippen MR) is 54.9 cm³/mol. The van der Waals surface area contributed by atoms with Gasteiger partial charge in [-0.15, -0.1) is 0 Å². The molecule has 6 heteroatoms. The van der Waals surface area contributed by atoms with Crippen molar-refractivity contribution in [2.24, 2.45) is 5.73 Å². The Balaban J connectivity index is 2.70. The van der Waals surface area contributed by atoms with Gasteiger partial charge in [0.25, 0.3) is 5.91 Å². The number of primary amides is 1. The zero-order valence-corrected chi connectivity index (χ0v) is 8.27. The summed E-state index contributed by atoms with van der Waals surface area (Å²) in [5.41, 5.74) is 5.21. The average Bonchev–Trinajstić information content (AvgIpc) is 2.26. The van der Waals surface area contributed by atoms with E-state index < -0.39 is 17.8 Å².